The molecule has 1 aromatic carbocycles. The highest BCUT2D eigenvalue weighted by atomic mass is 32.2. The molecule has 0 bridgehead atoms. The SMILES string of the molecule is NCCCCC(=O)N1N=C(c2cc(F)ccc2F)SC12CCOC1=C2C2CC2C=C1. The number of amides is 1. The van der Waals surface area contributed by atoms with Gasteiger partial charge in [-0.15, -0.1) is 0 Å². The normalized spacial score (nSPS) is 28.9. The van der Waals surface area contributed by atoms with E-state index >= 15 is 0 Å². The van der Waals surface area contributed by atoms with Gasteiger partial charge >= 0.3 is 0 Å². The summed E-state index contributed by atoms with van der Waals surface area (Å²) in [5.41, 5.74) is 6.73. The Hall–Kier alpha value is -2.19. The third kappa shape index (κ3) is 3.17. The molecule has 1 spiro atoms. The summed E-state index contributed by atoms with van der Waals surface area (Å²) in [7, 11) is 0. The van der Waals surface area contributed by atoms with Crippen molar-refractivity contribution in [2.75, 3.05) is 13.2 Å². The van der Waals surface area contributed by atoms with Crippen LogP contribution < -0.4 is 5.73 Å². The third-order valence-electron chi connectivity index (χ3n) is 6.13. The van der Waals surface area contributed by atoms with E-state index in [1.165, 1.54) is 16.8 Å². The molecule has 0 radical (unpaired) electrons. The quantitative estimate of drug-likeness (QED) is 0.718. The van der Waals surface area contributed by atoms with Crippen molar-refractivity contribution in [2.24, 2.45) is 22.7 Å². The summed E-state index contributed by atoms with van der Waals surface area (Å²) in [5.74, 6) is 0.346. The van der Waals surface area contributed by atoms with Crippen LogP contribution in [0.3, 0.4) is 0 Å². The van der Waals surface area contributed by atoms with Crippen LogP contribution in [0.1, 0.15) is 37.7 Å². The summed E-state index contributed by atoms with van der Waals surface area (Å²) >= 11 is 1.35. The van der Waals surface area contributed by atoms with Crippen molar-refractivity contribution in [3.8, 4) is 0 Å². The molecule has 2 heterocycles. The van der Waals surface area contributed by atoms with Crippen LogP contribution in [-0.4, -0.2) is 34.0 Å². The molecule has 2 N–H and O–H groups in total. The van der Waals surface area contributed by atoms with Crippen LogP contribution in [0.25, 0.3) is 0 Å². The highest BCUT2D eigenvalue weighted by molar-refractivity contribution is 8.16. The Morgan fingerprint density at radius 3 is 3.07 bits per heavy atom. The van der Waals surface area contributed by atoms with Crippen LogP contribution in [0.5, 0.6) is 0 Å². The summed E-state index contributed by atoms with van der Waals surface area (Å²) in [6, 6.07) is 3.33. The van der Waals surface area contributed by atoms with Gasteiger partial charge < -0.3 is 10.5 Å². The van der Waals surface area contributed by atoms with Gasteiger partial charge in [-0.05, 0) is 61.9 Å². The van der Waals surface area contributed by atoms with Gasteiger partial charge in [0.1, 0.15) is 27.3 Å². The Labute approximate surface area is 178 Å². The number of thioether (sulfide) groups is 1. The van der Waals surface area contributed by atoms with E-state index in [1.54, 1.807) is 0 Å². The first-order valence-corrected chi connectivity index (χ1v) is 11.2. The average molecular weight is 432 g/mol. The number of nitrogens with two attached hydrogens (primary N) is 1. The molecule has 1 saturated carbocycles. The van der Waals surface area contributed by atoms with Gasteiger partial charge in [-0.1, -0.05) is 17.8 Å². The molecule has 8 heteroatoms. The molecule has 5 nitrogen and oxygen atoms in total. The predicted molar refractivity (Wildman–Crippen MR) is 111 cm³/mol. The number of unbranched alkanes of at least 4 members (excludes halogenated alkanes) is 1. The van der Waals surface area contributed by atoms with E-state index in [2.05, 4.69) is 11.2 Å². The van der Waals surface area contributed by atoms with Crippen molar-refractivity contribution in [3.63, 3.8) is 0 Å². The van der Waals surface area contributed by atoms with E-state index in [0.717, 1.165) is 42.4 Å². The molecule has 0 aromatic heterocycles. The lowest BCUT2D eigenvalue weighted by Crippen LogP contribution is -2.49. The molecule has 4 aliphatic rings. The number of carbonyl (C=O) groups excluding carboxylic acids is 1. The van der Waals surface area contributed by atoms with Crippen molar-refractivity contribution in [2.45, 2.75) is 37.0 Å². The van der Waals surface area contributed by atoms with Gasteiger partial charge in [0.25, 0.3) is 0 Å². The number of ether oxygens (including phenoxy) is 1. The third-order valence-corrected chi connectivity index (χ3v) is 7.56. The largest absolute Gasteiger partial charge is 0.493 e. The Morgan fingerprint density at radius 1 is 1.37 bits per heavy atom. The Bertz CT molecular complexity index is 993. The van der Waals surface area contributed by atoms with Gasteiger partial charge in [-0.25, -0.2) is 13.8 Å². The fourth-order valence-electron chi connectivity index (χ4n) is 4.56. The number of hydrazone groups is 1. The lowest BCUT2D eigenvalue weighted by molar-refractivity contribution is -0.134. The van der Waals surface area contributed by atoms with Crippen molar-refractivity contribution in [1.29, 1.82) is 0 Å². The smallest absolute Gasteiger partial charge is 0.244 e. The van der Waals surface area contributed by atoms with Crippen LogP contribution in [-0.2, 0) is 9.53 Å². The summed E-state index contributed by atoms with van der Waals surface area (Å²) in [5, 5.41) is 6.43. The van der Waals surface area contributed by atoms with Crippen LogP contribution in [0.15, 0.2) is 46.8 Å². The number of nitrogens with zero attached hydrogens (tertiary/aromatic N) is 2. The molecule has 0 saturated heterocycles. The Morgan fingerprint density at radius 2 is 2.23 bits per heavy atom. The monoisotopic (exact) mass is 431 g/mol. The molecule has 5 rings (SSSR count). The van der Waals surface area contributed by atoms with Crippen LogP contribution in [0, 0.1) is 23.5 Å². The van der Waals surface area contributed by atoms with Gasteiger partial charge in [-0.3, -0.25) is 4.79 Å². The van der Waals surface area contributed by atoms with Gasteiger partial charge in [-0.2, -0.15) is 5.10 Å². The highest BCUT2D eigenvalue weighted by Gasteiger charge is 2.59. The molecule has 1 amide bonds. The maximum Gasteiger partial charge on any atom is 0.244 e. The van der Waals surface area contributed by atoms with Gasteiger partial charge in [0, 0.05) is 24.0 Å². The second kappa shape index (κ2) is 7.50. The summed E-state index contributed by atoms with van der Waals surface area (Å²) in [4.78, 5) is 12.5. The van der Waals surface area contributed by atoms with Crippen LogP contribution in [0.2, 0.25) is 0 Å². The second-order valence-electron chi connectivity index (χ2n) is 8.11. The molecular formula is C22H23F2N3O2S. The van der Waals surface area contributed by atoms with Crippen LogP contribution in [0.4, 0.5) is 8.78 Å². The van der Waals surface area contributed by atoms with Crippen molar-refractivity contribution in [3.05, 3.63) is 58.9 Å². The van der Waals surface area contributed by atoms with Crippen molar-refractivity contribution < 1.29 is 18.3 Å². The Kier molecular flexibility index (Phi) is 4.94. The van der Waals surface area contributed by atoms with E-state index in [0.29, 0.717) is 49.3 Å². The topological polar surface area (TPSA) is 67.9 Å². The molecule has 2 aliphatic heterocycles. The molecular weight excluding hydrogens is 408 g/mol. The standard InChI is InChI=1S/C22H23F2N3O2S/c23-14-5-6-17(24)16(12-14)21-26-27(19(28)3-1-2-9-25)22(30-21)8-10-29-18-7-4-13-11-15(13)20(18)22/h4-7,12-13,15H,1-3,8-11,25H2. The number of rotatable bonds is 5. The maximum absolute atomic E-state index is 14.5. The molecule has 1 aromatic rings. The number of benzene rings is 1. The lowest BCUT2D eigenvalue weighted by atomic mass is 9.90. The minimum absolute atomic E-state index is 0.0870. The first kappa shape index (κ1) is 19.8. The predicted octanol–water partition coefficient (Wildman–Crippen LogP) is 3.91. The fraction of sp³-hybridized carbons (Fsp3) is 0.455. The maximum atomic E-state index is 14.5. The number of carbonyl (C=O) groups is 1. The number of allylic oxidation sites excluding steroid dienone is 2. The minimum atomic E-state index is -0.744. The number of hydrogen-bond acceptors (Lipinski definition) is 5. The van der Waals surface area contributed by atoms with E-state index in [-0.39, 0.29) is 11.5 Å². The number of fused-ring (bicyclic) bond motifs is 3. The summed E-state index contributed by atoms with van der Waals surface area (Å²) < 4.78 is 34.3. The van der Waals surface area contributed by atoms with Gasteiger partial charge in [0.05, 0.1) is 6.61 Å². The molecule has 158 valence electrons. The summed E-state index contributed by atoms with van der Waals surface area (Å²) in [6.45, 7) is 0.961. The van der Waals surface area contributed by atoms with E-state index < -0.39 is 16.5 Å². The zero-order valence-corrected chi connectivity index (χ0v) is 17.3. The minimum Gasteiger partial charge on any atom is -0.493 e. The molecule has 2 aliphatic carbocycles. The fourth-order valence-corrected chi connectivity index (χ4v) is 6.05. The van der Waals surface area contributed by atoms with E-state index in [1.807, 2.05) is 6.08 Å². The van der Waals surface area contributed by atoms with Gasteiger partial charge in [0.15, 0.2) is 0 Å². The summed E-state index contributed by atoms with van der Waals surface area (Å²) in [6.07, 6.45) is 7.45. The van der Waals surface area contributed by atoms with E-state index in [9.17, 15) is 13.6 Å². The lowest BCUT2D eigenvalue weighted by Gasteiger charge is -2.42. The first-order chi connectivity index (χ1) is 14.5. The van der Waals surface area contributed by atoms with Gasteiger partial charge in [0.2, 0.25) is 5.91 Å². The number of halogens is 2. The van der Waals surface area contributed by atoms with Crippen LogP contribution >= 0.6 is 11.8 Å². The zero-order valence-electron chi connectivity index (χ0n) is 16.4. The van der Waals surface area contributed by atoms with Crippen molar-refractivity contribution >= 4 is 22.7 Å². The molecule has 3 unspecified atom stereocenters. The zero-order chi connectivity index (χ0) is 20.9. The van der Waals surface area contributed by atoms with E-state index in [4.69, 9.17) is 10.5 Å². The molecule has 3 atom stereocenters. The Balaban J connectivity index is 1.57. The molecule has 1 fully saturated rings. The first-order valence-electron chi connectivity index (χ1n) is 10.4. The second-order valence-corrected chi connectivity index (χ2v) is 9.37. The average Bonchev–Trinajstić information content (AvgIpc) is 3.44. The number of hydrogen-bond donors (Lipinski definition) is 1. The molecule has 30 heavy (non-hydrogen) atoms. The van der Waals surface area contributed by atoms with Crippen molar-refractivity contribution in [1.82, 2.24) is 5.01 Å². The highest BCUT2D eigenvalue weighted by Crippen LogP contribution is 2.61.